The van der Waals surface area contributed by atoms with E-state index in [1.54, 1.807) is 24.3 Å². The summed E-state index contributed by atoms with van der Waals surface area (Å²) in [6.07, 6.45) is 1.19. The Kier molecular flexibility index (Phi) is 6.21. The summed E-state index contributed by atoms with van der Waals surface area (Å²) in [6, 6.07) is 6.61. The lowest BCUT2D eigenvalue weighted by Crippen LogP contribution is -2.22. The lowest BCUT2D eigenvalue weighted by molar-refractivity contribution is -0.142. The van der Waals surface area contributed by atoms with Crippen molar-refractivity contribution in [2.45, 2.75) is 18.8 Å². The topological polar surface area (TPSA) is 90.9 Å². The molecule has 1 aromatic carbocycles. The molecule has 1 aliphatic carbocycles. The lowest BCUT2D eigenvalue weighted by atomic mass is 9.99. The first-order chi connectivity index (χ1) is 13.4. The summed E-state index contributed by atoms with van der Waals surface area (Å²) in [5, 5.41) is 3.60. The van der Waals surface area contributed by atoms with Gasteiger partial charge >= 0.3 is 11.9 Å². The van der Waals surface area contributed by atoms with Crippen molar-refractivity contribution in [1.82, 2.24) is 0 Å². The normalized spacial score (nSPS) is 14.9. The standard InChI is InChI=1S/C19H18ClNO6S/c1-25-18(23)12-7-8-13-15(12)16(19(24)26-2)17(28-13)21-14(22)9-27-11-5-3-10(20)4-6-11/h3-6,12H,7-9H2,1-2H3,(H,21,22)/t12-/m0/s1. The predicted molar refractivity (Wildman–Crippen MR) is 104 cm³/mol. The van der Waals surface area contributed by atoms with E-state index in [0.29, 0.717) is 34.2 Å². The van der Waals surface area contributed by atoms with Gasteiger partial charge in [-0.25, -0.2) is 4.79 Å². The van der Waals surface area contributed by atoms with Gasteiger partial charge in [-0.05, 0) is 42.7 Å². The van der Waals surface area contributed by atoms with Gasteiger partial charge < -0.3 is 19.5 Å². The van der Waals surface area contributed by atoms with E-state index >= 15 is 0 Å². The van der Waals surface area contributed by atoms with Crippen molar-refractivity contribution < 1.29 is 28.6 Å². The third-order valence-corrected chi connectivity index (χ3v) is 5.78. The Morgan fingerprint density at radius 1 is 1.18 bits per heavy atom. The Balaban J connectivity index is 1.78. The molecule has 28 heavy (non-hydrogen) atoms. The molecule has 148 valence electrons. The largest absolute Gasteiger partial charge is 0.484 e. The van der Waals surface area contributed by atoms with Crippen LogP contribution in [0.15, 0.2) is 24.3 Å². The zero-order valence-electron chi connectivity index (χ0n) is 15.2. The highest BCUT2D eigenvalue weighted by Crippen LogP contribution is 2.45. The number of thiophene rings is 1. The maximum atomic E-state index is 12.3. The monoisotopic (exact) mass is 423 g/mol. The van der Waals surface area contributed by atoms with Gasteiger partial charge in [0.15, 0.2) is 6.61 Å². The van der Waals surface area contributed by atoms with Gasteiger partial charge in [0.05, 0.1) is 25.7 Å². The number of hydrogen-bond acceptors (Lipinski definition) is 7. The number of benzene rings is 1. The van der Waals surface area contributed by atoms with E-state index in [1.807, 2.05) is 0 Å². The average Bonchev–Trinajstić information content (AvgIpc) is 3.25. The van der Waals surface area contributed by atoms with Crippen molar-refractivity contribution in [2.24, 2.45) is 0 Å². The van der Waals surface area contributed by atoms with E-state index in [0.717, 1.165) is 4.88 Å². The first-order valence-electron chi connectivity index (χ1n) is 8.44. The van der Waals surface area contributed by atoms with Crippen LogP contribution in [-0.4, -0.2) is 38.7 Å². The number of carbonyl (C=O) groups excluding carboxylic acids is 3. The molecule has 2 aromatic rings. The van der Waals surface area contributed by atoms with E-state index < -0.39 is 23.8 Å². The molecule has 1 N–H and O–H groups in total. The highest BCUT2D eigenvalue weighted by molar-refractivity contribution is 7.17. The highest BCUT2D eigenvalue weighted by Gasteiger charge is 2.38. The van der Waals surface area contributed by atoms with Gasteiger partial charge in [-0.15, -0.1) is 11.3 Å². The van der Waals surface area contributed by atoms with Gasteiger partial charge in [0.25, 0.3) is 5.91 Å². The smallest absolute Gasteiger partial charge is 0.341 e. The third-order valence-electron chi connectivity index (χ3n) is 4.34. The number of rotatable bonds is 6. The molecule has 0 unspecified atom stereocenters. The van der Waals surface area contributed by atoms with Crippen molar-refractivity contribution >= 4 is 45.8 Å². The minimum Gasteiger partial charge on any atom is -0.484 e. The van der Waals surface area contributed by atoms with E-state index in [1.165, 1.54) is 25.6 Å². The Labute approximate surface area is 170 Å². The maximum absolute atomic E-state index is 12.3. The minimum absolute atomic E-state index is 0.204. The van der Waals surface area contributed by atoms with Crippen molar-refractivity contribution in [3.05, 3.63) is 45.3 Å². The summed E-state index contributed by atoms with van der Waals surface area (Å²) in [5.74, 6) is -1.50. The number of carbonyl (C=O) groups is 3. The number of ether oxygens (including phenoxy) is 3. The first kappa shape index (κ1) is 20.2. The number of halogens is 1. The maximum Gasteiger partial charge on any atom is 0.341 e. The van der Waals surface area contributed by atoms with Crippen LogP contribution >= 0.6 is 22.9 Å². The number of anilines is 1. The molecular formula is C19H18ClNO6S. The van der Waals surface area contributed by atoms with E-state index in [9.17, 15) is 14.4 Å². The molecule has 1 heterocycles. The van der Waals surface area contributed by atoms with E-state index in [2.05, 4.69) is 5.32 Å². The van der Waals surface area contributed by atoms with Crippen molar-refractivity contribution in [1.29, 1.82) is 0 Å². The summed E-state index contributed by atoms with van der Waals surface area (Å²) < 4.78 is 15.1. The zero-order chi connectivity index (χ0) is 20.3. The molecule has 0 bridgehead atoms. The van der Waals surface area contributed by atoms with Crippen LogP contribution in [0.2, 0.25) is 5.02 Å². The van der Waals surface area contributed by atoms with Crippen LogP contribution in [0.3, 0.4) is 0 Å². The SMILES string of the molecule is COC(=O)c1c(NC(=O)COc2ccc(Cl)cc2)sc2c1[C@@H](C(=O)OC)CC2. The van der Waals surface area contributed by atoms with Crippen molar-refractivity contribution in [3.63, 3.8) is 0 Å². The van der Waals surface area contributed by atoms with Crippen LogP contribution in [0, 0.1) is 0 Å². The van der Waals surface area contributed by atoms with Crippen LogP contribution in [0.1, 0.15) is 33.1 Å². The number of hydrogen-bond donors (Lipinski definition) is 1. The van der Waals surface area contributed by atoms with Crippen LogP contribution in [-0.2, 0) is 25.5 Å². The molecule has 0 saturated carbocycles. The zero-order valence-corrected chi connectivity index (χ0v) is 16.8. The fourth-order valence-electron chi connectivity index (χ4n) is 3.08. The number of fused-ring (bicyclic) bond motifs is 1. The van der Waals surface area contributed by atoms with Crippen LogP contribution in [0.4, 0.5) is 5.00 Å². The number of aryl methyl sites for hydroxylation is 1. The molecule has 1 aliphatic rings. The lowest BCUT2D eigenvalue weighted by Gasteiger charge is -2.12. The molecule has 0 fully saturated rings. The van der Waals surface area contributed by atoms with Gasteiger partial charge in [-0.1, -0.05) is 11.6 Å². The number of methoxy groups -OCH3 is 2. The fraction of sp³-hybridized carbons (Fsp3) is 0.316. The number of esters is 2. The molecule has 9 heteroatoms. The summed E-state index contributed by atoms with van der Waals surface area (Å²) in [7, 11) is 2.56. The summed E-state index contributed by atoms with van der Waals surface area (Å²) >= 11 is 7.08. The fourth-order valence-corrected chi connectivity index (χ4v) is 4.48. The van der Waals surface area contributed by atoms with Gasteiger partial charge in [0.2, 0.25) is 0 Å². The molecule has 0 radical (unpaired) electrons. The van der Waals surface area contributed by atoms with Gasteiger partial charge in [-0.2, -0.15) is 0 Å². The van der Waals surface area contributed by atoms with Crippen LogP contribution in [0.25, 0.3) is 0 Å². The molecule has 1 amide bonds. The van der Waals surface area contributed by atoms with E-state index in [4.69, 9.17) is 25.8 Å². The molecule has 0 spiro atoms. The second kappa shape index (κ2) is 8.62. The van der Waals surface area contributed by atoms with Gasteiger partial charge in [0, 0.05) is 9.90 Å². The van der Waals surface area contributed by atoms with Gasteiger partial charge in [0.1, 0.15) is 10.8 Å². The average molecular weight is 424 g/mol. The predicted octanol–water partition coefficient (Wildman–Crippen LogP) is 3.41. The van der Waals surface area contributed by atoms with Gasteiger partial charge in [-0.3, -0.25) is 9.59 Å². The molecular weight excluding hydrogens is 406 g/mol. The molecule has 3 rings (SSSR count). The Bertz CT molecular complexity index is 908. The van der Waals surface area contributed by atoms with Crippen molar-refractivity contribution in [3.8, 4) is 5.75 Å². The number of nitrogens with one attached hydrogen (secondary N) is 1. The summed E-state index contributed by atoms with van der Waals surface area (Å²) in [5.41, 5.74) is 0.785. The minimum atomic E-state index is -0.609. The van der Waals surface area contributed by atoms with Crippen LogP contribution < -0.4 is 10.1 Å². The Hall–Kier alpha value is -2.58. The molecule has 0 aliphatic heterocycles. The quantitative estimate of drug-likeness (QED) is 0.716. The highest BCUT2D eigenvalue weighted by atomic mass is 35.5. The summed E-state index contributed by atoms with van der Waals surface area (Å²) in [6.45, 7) is -0.245. The molecule has 0 saturated heterocycles. The second-order valence-electron chi connectivity index (χ2n) is 6.04. The van der Waals surface area contributed by atoms with Crippen LogP contribution in [0.5, 0.6) is 5.75 Å². The second-order valence-corrected chi connectivity index (χ2v) is 7.58. The Morgan fingerprint density at radius 2 is 1.89 bits per heavy atom. The third kappa shape index (κ3) is 4.13. The molecule has 7 nitrogen and oxygen atoms in total. The summed E-state index contributed by atoms with van der Waals surface area (Å²) in [4.78, 5) is 37.6. The van der Waals surface area contributed by atoms with E-state index in [-0.39, 0.29) is 12.2 Å². The van der Waals surface area contributed by atoms with Crippen molar-refractivity contribution in [2.75, 3.05) is 26.1 Å². The first-order valence-corrected chi connectivity index (χ1v) is 9.64. The number of amides is 1. The molecule has 1 atom stereocenters. The molecule has 1 aromatic heterocycles. The Morgan fingerprint density at radius 3 is 2.54 bits per heavy atom.